The molecule has 168 valence electrons. The summed E-state index contributed by atoms with van der Waals surface area (Å²) in [6.07, 6.45) is 0.945. The summed E-state index contributed by atoms with van der Waals surface area (Å²) >= 11 is 12.8. The Hall–Kier alpha value is -2.87. The van der Waals surface area contributed by atoms with E-state index in [0.717, 1.165) is 18.7 Å². The molecule has 1 aromatic heterocycles. The van der Waals surface area contributed by atoms with Gasteiger partial charge in [0.2, 0.25) is 11.8 Å². The average molecular weight is 474 g/mol. The maximum absolute atomic E-state index is 12.3. The first-order valence-corrected chi connectivity index (χ1v) is 10.9. The third-order valence-corrected chi connectivity index (χ3v) is 5.29. The van der Waals surface area contributed by atoms with Gasteiger partial charge in [-0.3, -0.25) is 4.79 Å². The molecule has 32 heavy (non-hydrogen) atoms. The van der Waals surface area contributed by atoms with Gasteiger partial charge in [0.05, 0.1) is 22.3 Å². The molecule has 3 rings (SSSR count). The number of nitrogens with one attached hydrogen (secondary N) is 1. The van der Waals surface area contributed by atoms with Gasteiger partial charge in [-0.1, -0.05) is 41.4 Å². The maximum atomic E-state index is 12.3. The second kappa shape index (κ2) is 10.6. The van der Waals surface area contributed by atoms with Gasteiger partial charge in [-0.25, -0.2) is 4.98 Å². The summed E-state index contributed by atoms with van der Waals surface area (Å²) in [6, 6.07) is 13.0. The van der Waals surface area contributed by atoms with Crippen molar-refractivity contribution < 1.29 is 9.53 Å². The van der Waals surface area contributed by atoms with Crippen LogP contribution in [0.1, 0.15) is 22.8 Å². The number of likely N-dealkylation sites (N-methyl/N-ethyl adjacent to an activating group) is 1. The van der Waals surface area contributed by atoms with Crippen molar-refractivity contribution in [1.29, 1.82) is 0 Å². The Bertz CT molecular complexity index is 1080. The Morgan fingerprint density at radius 1 is 1.09 bits per heavy atom. The number of benzene rings is 2. The molecule has 7 nitrogen and oxygen atoms in total. The summed E-state index contributed by atoms with van der Waals surface area (Å²) in [6.45, 7) is 3.03. The van der Waals surface area contributed by atoms with Crippen molar-refractivity contribution in [2.24, 2.45) is 5.73 Å². The standard InChI is InChI=1S/C23H25Cl2N5O2/c1-4-32-22-19(21(26)31)20(18-16(24)6-5-7-17(18)25)28-23(29-22)27-15-10-8-14(9-11-15)12-13-30(2)3/h5-11H,4,12-13H2,1-3H3,(H2,26,31)(H,27,28,29). The number of primary amides is 1. The molecule has 0 saturated heterocycles. The van der Waals surface area contributed by atoms with E-state index in [9.17, 15) is 4.79 Å². The Balaban J connectivity index is 2.03. The third-order valence-electron chi connectivity index (χ3n) is 4.66. The SMILES string of the molecule is CCOc1nc(Nc2ccc(CCN(C)C)cc2)nc(-c2c(Cl)cccc2Cl)c1C(N)=O. The van der Waals surface area contributed by atoms with E-state index in [2.05, 4.69) is 20.2 Å². The lowest BCUT2D eigenvalue weighted by Crippen LogP contribution is -2.18. The van der Waals surface area contributed by atoms with Crippen LogP contribution in [0, 0.1) is 0 Å². The van der Waals surface area contributed by atoms with E-state index >= 15 is 0 Å². The molecule has 0 radical (unpaired) electrons. The molecule has 0 fully saturated rings. The van der Waals surface area contributed by atoms with Crippen LogP contribution in [0.15, 0.2) is 42.5 Å². The van der Waals surface area contributed by atoms with Gasteiger partial charge in [-0.05, 0) is 57.3 Å². The van der Waals surface area contributed by atoms with Crippen molar-refractivity contribution in [2.75, 3.05) is 32.6 Å². The zero-order chi connectivity index (χ0) is 23.3. The number of hydrogen-bond donors (Lipinski definition) is 2. The molecule has 3 N–H and O–H groups in total. The van der Waals surface area contributed by atoms with Crippen LogP contribution in [0.25, 0.3) is 11.3 Å². The van der Waals surface area contributed by atoms with Crippen LogP contribution in [-0.2, 0) is 6.42 Å². The lowest BCUT2D eigenvalue weighted by molar-refractivity contribution is 0.0996. The molecule has 3 aromatic rings. The molecule has 0 unspecified atom stereocenters. The van der Waals surface area contributed by atoms with Gasteiger partial charge in [-0.15, -0.1) is 0 Å². The van der Waals surface area contributed by atoms with Crippen LogP contribution in [-0.4, -0.2) is 48.0 Å². The molecular formula is C23H25Cl2N5O2. The van der Waals surface area contributed by atoms with Crippen LogP contribution < -0.4 is 15.8 Å². The summed E-state index contributed by atoms with van der Waals surface area (Å²) in [5, 5.41) is 3.82. The fraction of sp³-hybridized carbons (Fsp3) is 0.261. The van der Waals surface area contributed by atoms with Gasteiger partial charge in [0.25, 0.3) is 5.91 Å². The predicted octanol–water partition coefficient (Wildman–Crippen LogP) is 4.80. The van der Waals surface area contributed by atoms with E-state index in [4.69, 9.17) is 33.7 Å². The second-order valence-corrected chi connectivity index (χ2v) is 8.16. The quantitative estimate of drug-likeness (QED) is 0.463. The maximum Gasteiger partial charge on any atom is 0.256 e. The number of nitrogens with zero attached hydrogens (tertiary/aromatic N) is 3. The van der Waals surface area contributed by atoms with E-state index in [1.165, 1.54) is 5.56 Å². The van der Waals surface area contributed by atoms with Gasteiger partial charge in [0, 0.05) is 17.8 Å². The zero-order valence-corrected chi connectivity index (χ0v) is 19.7. The number of nitrogens with two attached hydrogens (primary N) is 1. The van der Waals surface area contributed by atoms with Crippen molar-refractivity contribution in [3.63, 3.8) is 0 Å². The number of carbonyl (C=O) groups excluding carboxylic acids is 1. The van der Waals surface area contributed by atoms with Gasteiger partial charge in [0.15, 0.2) is 0 Å². The number of ether oxygens (including phenoxy) is 1. The smallest absolute Gasteiger partial charge is 0.256 e. The van der Waals surface area contributed by atoms with Crippen LogP contribution in [0.3, 0.4) is 0 Å². The second-order valence-electron chi connectivity index (χ2n) is 7.35. The largest absolute Gasteiger partial charge is 0.477 e. The number of aromatic nitrogens is 2. The highest BCUT2D eigenvalue weighted by atomic mass is 35.5. The molecular weight excluding hydrogens is 449 g/mol. The van der Waals surface area contributed by atoms with Gasteiger partial charge < -0.3 is 20.7 Å². The summed E-state index contributed by atoms with van der Waals surface area (Å²) < 4.78 is 5.61. The monoisotopic (exact) mass is 473 g/mol. The highest BCUT2D eigenvalue weighted by Gasteiger charge is 2.24. The Kier molecular flexibility index (Phi) is 7.90. The van der Waals surface area contributed by atoms with Crippen LogP contribution in [0.4, 0.5) is 11.6 Å². The third kappa shape index (κ3) is 5.68. The minimum Gasteiger partial charge on any atom is -0.477 e. The summed E-state index contributed by atoms with van der Waals surface area (Å²) in [5.74, 6) is -0.451. The van der Waals surface area contributed by atoms with Gasteiger partial charge >= 0.3 is 0 Å². The van der Waals surface area contributed by atoms with Crippen LogP contribution >= 0.6 is 23.2 Å². The van der Waals surface area contributed by atoms with E-state index in [1.807, 2.05) is 38.4 Å². The van der Waals surface area contributed by atoms with E-state index in [1.54, 1.807) is 25.1 Å². The van der Waals surface area contributed by atoms with E-state index in [0.29, 0.717) is 15.6 Å². The highest BCUT2D eigenvalue weighted by molar-refractivity contribution is 6.39. The molecule has 1 amide bonds. The number of hydrogen-bond acceptors (Lipinski definition) is 6. The van der Waals surface area contributed by atoms with Crippen molar-refractivity contribution in [2.45, 2.75) is 13.3 Å². The summed E-state index contributed by atoms with van der Waals surface area (Å²) in [7, 11) is 4.09. The minimum atomic E-state index is -0.740. The number of halogens is 2. The number of anilines is 2. The fourth-order valence-corrected chi connectivity index (χ4v) is 3.68. The van der Waals surface area contributed by atoms with Crippen LogP contribution in [0.5, 0.6) is 5.88 Å². The molecule has 0 saturated carbocycles. The normalized spacial score (nSPS) is 10.9. The number of rotatable bonds is 9. The Morgan fingerprint density at radius 3 is 2.31 bits per heavy atom. The lowest BCUT2D eigenvalue weighted by Gasteiger charge is -2.16. The van der Waals surface area contributed by atoms with Crippen molar-refractivity contribution in [1.82, 2.24) is 14.9 Å². The van der Waals surface area contributed by atoms with Crippen molar-refractivity contribution in [3.05, 3.63) is 63.6 Å². The zero-order valence-electron chi connectivity index (χ0n) is 18.2. The lowest BCUT2D eigenvalue weighted by atomic mass is 10.1. The van der Waals surface area contributed by atoms with Gasteiger partial charge in [0.1, 0.15) is 5.56 Å². The molecule has 0 atom stereocenters. The minimum absolute atomic E-state index is 0.0198. The molecule has 0 aliphatic carbocycles. The molecule has 0 bridgehead atoms. The predicted molar refractivity (Wildman–Crippen MR) is 129 cm³/mol. The van der Waals surface area contributed by atoms with Crippen LogP contribution in [0.2, 0.25) is 10.0 Å². The van der Waals surface area contributed by atoms with Gasteiger partial charge in [-0.2, -0.15) is 4.98 Å². The fourth-order valence-electron chi connectivity index (χ4n) is 3.10. The Morgan fingerprint density at radius 2 is 1.75 bits per heavy atom. The highest BCUT2D eigenvalue weighted by Crippen LogP contribution is 2.38. The molecule has 0 aliphatic heterocycles. The molecule has 0 aliphatic rings. The first-order valence-electron chi connectivity index (χ1n) is 10.1. The molecule has 2 aromatic carbocycles. The molecule has 9 heteroatoms. The average Bonchev–Trinajstić information content (AvgIpc) is 2.73. The van der Waals surface area contributed by atoms with E-state index in [-0.39, 0.29) is 29.7 Å². The topological polar surface area (TPSA) is 93.4 Å². The first kappa shape index (κ1) is 23.8. The molecule has 0 spiro atoms. The molecule has 1 heterocycles. The van der Waals surface area contributed by atoms with E-state index < -0.39 is 5.91 Å². The van der Waals surface area contributed by atoms with Crippen molar-refractivity contribution >= 4 is 40.7 Å². The summed E-state index contributed by atoms with van der Waals surface area (Å²) in [4.78, 5) is 23.3. The summed E-state index contributed by atoms with van der Waals surface area (Å²) in [5.41, 5.74) is 8.25. The number of carbonyl (C=O) groups is 1. The number of amides is 1. The first-order chi connectivity index (χ1) is 15.3. The van der Waals surface area contributed by atoms with Crippen molar-refractivity contribution in [3.8, 4) is 17.1 Å². The Labute approximate surface area is 197 Å².